The minimum Gasteiger partial charge on any atom is -0.484 e. The lowest BCUT2D eigenvalue weighted by Gasteiger charge is -2.16. The van der Waals surface area contributed by atoms with Crippen LogP contribution in [0.25, 0.3) is 0 Å². The highest BCUT2D eigenvalue weighted by Gasteiger charge is 2.44. The highest BCUT2D eigenvalue weighted by Crippen LogP contribution is 2.47. The zero-order valence-electron chi connectivity index (χ0n) is 16.4. The van der Waals surface area contributed by atoms with Crippen molar-refractivity contribution in [2.75, 3.05) is 13.2 Å². The first-order valence-corrected chi connectivity index (χ1v) is 9.91. The summed E-state index contributed by atoms with van der Waals surface area (Å²) in [6.07, 6.45) is 2.14. The van der Waals surface area contributed by atoms with Gasteiger partial charge in [-0.3, -0.25) is 9.59 Å². The molecule has 1 saturated carbocycles. The van der Waals surface area contributed by atoms with E-state index in [0.717, 1.165) is 12.8 Å². The van der Waals surface area contributed by atoms with E-state index in [9.17, 15) is 14.0 Å². The number of ketones is 1. The van der Waals surface area contributed by atoms with Crippen molar-refractivity contribution in [1.29, 1.82) is 0 Å². The predicted octanol–water partition coefficient (Wildman–Crippen LogP) is 4.28. The lowest BCUT2D eigenvalue weighted by molar-refractivity contribution is -0.123. The molecular formula is C25H22FNO3. The number of benzene rings is 3. The van der Waals surface area contributed by atoms with E-state index in [1.54, 1.807) is 24.3 Å². The second kappa shape index (κ2) is 8.49. The molecule has 0 spiro atoms. The molecule has 4 rings (SSSR count). The minimum absolute atomic E-state index is 0.0548. The Labute approximate surface area is 174 Å². The van der Waals surface area contributed by atoms with Crippen molar-refractivity contribution in [1.82, 2.24) is 5.32 Å². The fourth-order valence-electron chi connectivity index (χ4n) is 3.45. The van der Waals surface area contributed by atoms with Crippen molar-refractivity contribution in [3.05, 3.63) is 101 Å². The molecular weight excluding hydrogens is 381 g/mol. The Morgan fingerprint density at radius 2 is 1.47 bits per heavy atom. The monoisotopic (exact) mass is 403 g/mol. The van der Waals surface area contributed by atoms with Crippen LogP contribution in [0, 0.1) is 5.82 Å². The molecule has 1 fully saturated rings. The van der Waals surface area contributed by atoms with Crippen LogP contribution in [0.5, 0.6) is 5.75 Å². The normalized spacial score (nSPS) is 14.0. The molecule has 0 aliphatic heterocycles. The van der Waals surface area contributed by atoms with Crippen molar-refractivity contribution in [2.45, 2.75) is 18.3 Å². The van der Waals surface area contributed by atoms with Gasteiger partial charge in [-0.05, 0) is 66.9 Å². The average molecular weight is 403 g/mol. The maximum Gasteiger partial charge on any atom is 0.257 e. The standard InChI is InChI=1S/C25H22FNO3/c26-21-10-6-18(7-11-21)24(29)19-8-12-22(13-9-19)30-16-23(28)27-17-25(14-15-25)20-4-2-1-3-5-20/h1-13H,14-17H2,(H,27,28). The molecule has 1 N–H and O–H groups in total. The van der Waals surface area contributed by atoms with Crippen molar-refractivity contribution < 1.29 is 18.7 Å². The second-order valence-electron chi connectivity index (χ2n) is 7.57. The molecule has 3 aromatic carbocycles. The van der Waals surface area contributed by atoms with E-state index in [1.807, 2.05) is 18.2 Å². The molecule has 5 heteroatoms. The molecule has 0 radical (unpaired) electrons. The summed E-state index contributed by atoms with van der Waals surface area (Å²) in [6.45, 7) is 0.514. The van der Waals surface area contributed by atoms with Gasteiger partial charge in [0.05, 0.1) is 0 Å². The minimum atomic E-state index is -0.384. The number of carbonyl (C=O) groups is 2. The topological polar surface area (TPSA) is 55.4 Å². The molecule has 0 heterocycles. The zero-order chi connectivity index (χ0) is 21.0. The van der Waals surface area contributed by atoms with Crippen molar-refractivity contribution in [3.63, 3.8) is 0 Å². The summed E-state index contributed by atoms with van der Waals surface area (Å²) in [5.41, 5.74) is 2.20. The first-order chi connectivity index (χ1) is 14.6. The van der Waals surface area contributed by atoms with Gasteiger partial charge < -0.3 is 10.1 Å². The van der Waals surface area contributed by atoms with E-state index in [4.69, 9.17) is 4.74 Å². The van der Waals surface area contributed by atoms with Gasteiger partial charge in [0.1, 0.15) is 11.6 Å². The average Bonchev–Trinajstić information content (AvgIpc) is 3.59. The number of ether oxygens (including phenoxy) is 1. The van der Waals surface area contributed by atoms with Crippen LogP contribution >= 0.6 is 0 Å². The van der Waals surface area contributed by atoms with E-state index in [0.29, 0.717) is 23.4 Å². The third-order valence-electron chi connectivity index (χ3n) is 5.46. The van der Waals surface area contributed by atoms with Gasteiger partial charge in [-0.25, -0.2) is 4.39 Å². The molecule has 1 amide bonds. The maximum absolute atomic E-state index is 13.0. The molecule has 152 valence electrons. The summed E-state index contributed by atoms with van der Waals surface area (Å²) in [5.74, 6) is -0.256. The van der Waals surface area contributed by atoms with Gasteiger partial charge in [-0.15, -0.1) is 0 Å². The molecule has 0 aromatic heterocycles. The van der Waals surface area contributed by atoms with Crippen molar-refractivity contribution in [3.8, 4) is 5.75 Å². The van der Waals surface area contributed by atoms with Gasteiger partial charge in [-0.2, -0.15) is 0 Å². The molecule has 0 bridgehead atoms. The van der Waals surface area contributed by atoms with E-state index >= 15 is 0 Å². The molecule has 3 aromatic rings. The number of hydrogen-bond donors (Lipinski definition) is 1. The number of amides is 1. The Bertz CT molecular complexity index is 1030. The van der Waals surface area contributed by atoms with Crippen molar-refractivity contribution >= 4 is 11.7 Å². The number of hydrogen-bond acceptors (Lipinski definition) is 3. The first kappa shape index (κ1) is 19.8. The van der Waals surface area contributed by atoms with Crippen LogP contribution in [0.1, 0.15) is 34.3 Å². The quantitative estimate of drug-likeness (QED) is 0.571. The smallest absolute Gasteiger partial charge is 0.257 e. The first-order valence-electron chi connectivity index (χ1n) is 9.91. The number of nitrogens with one attached hydrogen (secondary N) is 1. The van der Waals surface area contributed by atoms with Gasteiger partial charge in [0, 0.05) is 23.1 Å². The third kappa shape index (κ3) is 4.57. The molecule has 0 atom stereocenters. The van der Waals surface area contributed by atoms with Crippen LogP contribution in [0.15, 0.2) is 78.9 Å². The number of carbonyl (C=O) groups excluding carboxylic acids is 2. The lowest BCUT2D eigenvalue weighted by Crippen LogP contribution is -2.35. The van der Waals surface area contributed by atoms with Crippen LogP contribution in [0.4, 0.5) is 4.39 Å². The van der Waals surface area contributed by atoms with Gasteiger partial charge in [0.15, 0.2) is 12.4 Å². The molecule has 1 aliphatic carbocycles. The highest BCUT2D eigenvalue weighted by molar-refractivity contribution is 6.09. The highest BCUT2D eigenvalue weighted by atomic mass is 19.1. The Balaban J connectivity index is 1.27. The third-order valence-corrected chi connectivity index (χ3v) is 5.46. The Hall–Kier alpha value is -3.47. The van der Waals surface area contributed by atoms with Gasteiger partial charge in [-0.1, -0.05) is 30.3 Å². The van der Waals surface area contributed by atoms with E-state index in [2.05, 4.69) is 17.4 Å². The molecule has 30 heavy (non-hydrogen) atoms. The Kier molecular flexibility index (Phi) is 5.61. The van der Waals surface area contributed by atoms with Crippen LogP contribution in [0.2, 0.25) is 0 Å². The van der Waals surface area contributed by atoms with Crippen molar-refractivity contribution in [2.24, 2.45) is 0 Å². The van der Waals surface area contributed by atoms with Crippen LogP contribution < -0.4 is 10.1 Å². The Morgan fingerprint density at radius 3 is 2.07 bits per heavy atom. The SMILES string of the molecule is O=C(COc1ccc(C(=O)c2ccc(F)cc2)cc1)NCC1(c2ccccc2)CC1. The summed E-state index contributed by atoms with van der Waals surface area (Å²) in [6, 6.07) is 22.2. The summed E-state index contributed by atoms with van der Waals surface area (Å²) in [5, 5.41) is 2.96. The summed E-state index contributed by atoms with van der Waals surface area (Å²) in [4.78, 5) is 24.6. The fraction of sp³-hybridized carbons (Fsp3) is 0.200. The van der Waals surface area contributed by atoms with Crippen LogP contribution in [0.3, 0.4) is 0 Å². The Morgan fingerprint density at radius 1 is 0.867 bits per heavy atom. The van der Waals surface area contributed by atoms with Crippen LogP contribution in [-0.2, 0) is 10.2 Å². The molecule has 0 saturated heterocycles. The fourth-order valence-corrected chi connectivity index (χ4v) is 3.45. The zero-order valence-corrected chi connectivity index (χ0v) is 16.4. The summed E-state index contributed by atoms with van der Waals surface area (Å²) in [7, 11) is 0. The van der Waals surface area contributed by atoms with Crippen LogP contribution in [-0.4, -0.2) is 24.8 Å². The van der Waals surface area contributed by atoms with Gasteiger partial charge >= 0.3 is 0 Å². The second-order valence-corrected chi connectivity index (χ2v) is 7.57. The van der Waals surface area contributed by atoms with Gasteiger partial charge in [0.2, 0.25) is 0 Å². The summed E-state index contributed by atoms with van der Waals surface area (Å²) >= 11 is 0. The number of halogens is 1. The van der Waals surface area contributed by atoms with E-state index in [-0.39, 0.29) is 29.5 Å². The lowest BCUT2D eigenvalue weighted by atomic mass is 9.96. The molecule has 4 nitrogen and oxygen atoms in total. The molecule has 1 aliphatic rings. The van der Waals surface area contributed by atoms with E-state index < -0.39 is 0 Å². The molecule has 0 unspecified atom stereocenters. The predicted molar refractivity (Wildman–Crippen MR) is 112 cm³/mol. The van der Waals surface area contributed by atoms with Gasteiger partial charge in [0.25, 0.3) is 5.91 Å². The maximum atomic E-state index is 13.0. The van der Waals surface area contributed by atoms with E-state index in [1.165, 1.54) is 29.8 Å². The number of rotatable bonds is 8. The largest absolute Gasteiger partial charge is 0.484 e. The summed E-state index contributed by atoms with van der Waals surface area (Å²) < 4.78 is 18.5.